The first-order valence-electron chi connectivity index (χ1n) is 7.79. The molecule has 0 bridgehead atoms. The number of pyridine rings is 1. The van der Waals surface area contributed by atoms with Gasteiger partial charge >= 0.3 is 0 Å². The van der Waals surface area contributed by atoms with Crippen LogP contribution in [0.4, 0.5) is 11.6 Å². The quantitative estimate of drug-likeness (QED) is 0.354. The van der Waals surface area contributed by atoms with Gasteiger partial charge in [0.15, 0.2) is 0 Å². The van der Waals surface area contributed by atoms with E-state index in [1.54, 1.807) is 23.3 Å². The molecule has 0 aliphatic carbocycles. The predicted octanol–water partition coefficient (Wildman–Crippen LogP) is 0.206. The molecule has 0 atom stereocenters. The lowest BCUT2D eigenvalue weighted by atomic mass is 10.2. The van der Waals surface area contributed by atoms with E-state index in [4.69, 9.17) is 5.84 Å². The molecule has 0 spiro atoms. The fourth-order valence-electron chi connectivity index (χ4n) is 2.60. The number of aryl methyl sites for hydroxylation is 1. The predicted molar refractivity (Wildman–Crippen MR) is 92.5 cm³/mol. The summed E-state index contributed by atoms with van der Waals surface area (Å²) in [6.45, 7) is 0.597. The lowest BCUT2D eigenvalue weighted by molar-refractivity contribution is -0.587. The minimum atomic E-state index is 0.597. The summed E-state index contributed by atoms with van der Waals surface area (Å²) in [4.78, 5) is 13.3. The van der Waals surface area contributed by atoms with E-state index in [2.05, 4.69) is 25.4 Å². The fraction of sp³-hybridized carbons (Fsp3) is 0.125. The molecule has 0 fully saturated rings. The average molecular weight is 336 g/mol. The second kappa shape index (κ2) is 6.30. The van der Waals surface area contributed by atoms with Gasteiger partial charge in [0.1, 0.15) is 5.65 Å². The highest BCUT2D eigenvalue weighted by atomic mass is 15.3. The third kappa shape index (κ3) is 3.05. The number of hydrogen-bond acceptors (Lipinski definition) is 6. The first kappa shape index (κ1) is 15.2. The van der Waals surface area contributed by atoms with Crippen LogP contribution in [0.15, 0.2) is 49.3 Å². The molecule has 0 aliphatic heterocycles. The minimum Gasteiger partial charge on any atom is -0.359 e. The fourth-order valence-corrected chi connectivity index (χ4v) is 2.60. The number of imidazole rings is 1. The van der Waals surface area contributed by atoms with Crippen LogP contribution in [-0.2, 0) is 13.6 Å². The Kier molecular flexibility index (Phi) is 3.84. The molecule has 0 saturated heterocycles. The summed E-state index contributed by atoms with van der Waals surface area (Å²) in [5.74, 6) is 6.92. The van der Waals surface area contributed by atoms with Gasteiger partial charge in [-0.25, -0.2) is 15.4 Å². The van der Waals surface area contributed by atoms with Crippen LogP contribution in [-0.4, -0.2) is 29.1 Å². The number of rotatable bonds is 5. The molecule has 0 aromatic carbocycles. The molecule has 126 valence electrons. The molecule has 0 saturated carbocycles. The van der Waals surface area contributed by atoms with Gasteiger partial charge in [0, 0.05) is 43.9 Å². The molecule has 25 heavy (non-hydrogen) atoms. The Bertz CT molecular complexity index is 1020. The van der Waals surface area contributed by atoms with Gasteiger partial charge in [0.25, 0.3) is 5.82 Å². The van der Waals surface area contributed by atoms with Crippen LogP contribution < -0.4 is 16.6 Å². The van der Waals surface area contributed by atoms with Crippen molar-refractivity contribution in [1.29, 1.82) is 0 Å². The zero-order valence-electron chi connectivity index (χ0n) is 13.7. The zero-order chi connectivity index (χ0) is 17.2. The molecule has 0 amide bonds. The highest BCUT2D eigenvalue weighted by molar-refractivity contribution is 5.62. The summed E-state index contributed by atoms with van der Waals surface area (Å²) in [7, 11) is 1.87. The highest BCUT2D eigenvalue weighted by Crippen LogP contribution is 2.20. The molecule has 5 N–H and O–H groups in total. The van der Waals surface area contributed by atoms with E-state index in [0.29, 0.717) is 18.2 Å². The SMILES string of the molecule is Cn1cc(-c2cnc([NH2+]N)c(NCc3ccc4nccn4c3)n2)cn1. The summed E-state index contributed by atoms with van der Waals surface area (Å²) < 4.78 is 3.71. The third-order valence-electron chi connectivity index (χ3n) is 3.87. The second-order valence-electron chi connectivity index (χ2n) is 5.64. The van der Waals surface area contributed by atoms with Crippen LogP contribution in [0.1, 0.15) is 5.56 Å². The molecule has 0 unspecified atom stereocenters. The summed E-state index contributed by atoms with van der Waals surface area (Å²) in [6, 6.07) is 4.00. The van der Waals surface area contributed by atoms with Crippen molar-refractivity contribution in [3.63, 3.8) is 0 Å². The lowest BCUT2D eigenvalue weighted by Gasteiger charge is -2.09. The van der Waals surface area contributed by atoms with Gasteiger partial charge in [-0.2, -0.15) is 15.9 Å². The smallest absolute Gasteiger partial charge is 0.286 e. The van der Waals surface area contributed by atoms with Gasteiger partial charge in [-0.15, -0.1) is 0 Å². The molecule has 0 aliphatic rings. The van der Waals surface area contributed by atoms with Crippen LogP contribution in [0.5, 0.6) is 0 Å². The van der Waals surface area contributed by atoms with E-state index >= 15 is 0 Å². The van der Waals surface area contributed by atoms with Crippen molar-refractivity contribution >= 4 is 17.3 Å². The Morgan fingerprint density at radius 3 is 2.92 bits per heavy atom. The topological polar surface area (TPSA) is 116 Å². The van der Waals surface area contributed by atoms with Crippen molar-refractivity contribution in [1.82, 2.24) is 29.1 Å². The molecule has 9 heteroatoms. The van der Waals surface area contributed by atoms with E-state index in [0.717, 1.165) is 22.5 Å². The van der Waals surface area contributed by atoms with E-state index in [-0.39, 0.29) is 0 Å². The van der Waals surface area contributed by atoms with E-state index in [1.807, 2.05) is 42.2 Å². The van der Waals surface area contributed by atoms with Crippen LogP contribution >= 0.6 is 0 Å². The van der Waals surface area contributed by atoms with Gasteiger partial charge in [0.05, 0.1) is 18.1 Å². The molecule has 4 aromatic heterocycles. The van der Waals surface area contributed by atoms with Crippen LogP contribution in [0.25, 0.3) is 16.9 Å². The monoisotopic (exact) mass is 336 g/mol. The number of nitrogens with two attached hydrogens (primary N) is 2. The highest BCUT2D eigenvalue weighted by Gasteiger charge is 2.12. The number of anilines is 1. The van der Waals surface area contributed by atoms with Crippen molar-refractivity contribution in [2.45, 2.75) is 6.54 Å². The average Bonchev–Trinajstić information content (AvgIpc) is 3.28. The number of nitrogens with zero attached hydrogens (tertiary/aromatic N) is 6. The van der Waals surface area contributed by atoms with Gasteiger partial charge in [-0.1, -0.05) is 6.07 Å². The molecule has 4 rings (SSSR count). The number of nitrogens with one attached hydrogen (secondary N) is 1. The molecule has 9 nitrogen and oxygen atoms in total. The van der Waals surface area contributed by atoms with E-state index in [1.165, 1.54) is 5.43 Å². The Labute approximate surface area is 143 Å². The lowest BCUT2D eigenvalue weighted by Crippen LogP contribution is -2.86. The van der Waals surface area contributed by atoms with Crippen LogP contribution in [0, 0.1) is 0 Å². The molecule has 4 heterocycles. The maximum absolute atomic E-state index is 5.68. The summed E-state index contributed by atoms with van der Waals surface area (Å²) in [5.41, 5.74) is 5.11. The Morgan fingerprint density at radius 1 is 1.20 bits per heavy atom. The van der Waals surface area contributed by atoms with Gasteiger partial charge in [0.2, 0.25) is 5.82 Å². The van der Waals surface area contributed by atoms with E-state index in [9.17, 15) is 0 Å². The van der Waals surface area contributed by atoms with Gasteiger partial charge < -0.3 is 9.72 Å². The van der Waals surface area contributed by atoms with E-state index < -0.39 is 0 Å². The van der Waals surface area contributed by atoms with Crippen LogP contribution in [0.3, 0.4) is 0 Å². The maximum Gasteiger partial charge on any atom is 0.286 e. The van der Waals surface area contributed by atoms with Crippen molar-refractivity contribution in [2.75, 3.05) is 5.32 Å². The number of fused-ring (bicyclic) bond motifs is 1. The largest absolute Gasteiger partial charge is 0.359 e. The summed E-state index contributed by atoms with van der Waals surface area (Å²) in [5, 5.41) is 7.48. The minimum absolute atomic E-state index is 0.597. The standard InChI is InChI=1S/C16H17N9/c1-24-10-12(7-21-24)13-8-20-16(23-17)15(22-13)19-6-11-2-3-14-18-4-5-25(14)9-11/h2-5,7-10H,6,17H2,1H3,(H,19,22)(H,20,23)/p+1. The second-order valence-corrected chi connectivity index (χ2v) is 5.64. The number of aromatic nitrogens is 6. The van der Waals surface area contributed by atoms with Crippen molar-refractivity contribution < 1.29 is 5.43 Å². The molecule has 4 aromatic rings. The number of quaternary nitrogens is 1. The first-order chi connectivity index (χ1) is 12.2. The van der Waals surface area contributed by atoms with Gasteiger partial charge in [-0.05, 0) is 11.6 Å². The normalized spacial score (nSPS) is 11.1. The van der Waals surface area contributed by atoms with Crippen molar-refractivity contribution in [3.05, 3.63) is 54.9 Å². The summed E-state index contributed by atoms with van der Waals surface area (Å²) >= 11 is 0. The Morgan fingerprint density at radius 2 is 2.12 bits per heavy atom. The van der Waals surface area contributed by atoms with Crippen molar-refractivity contribution in [3.8, 4) is 11.3 Å². The maximum atomic E-state index is 5.68. The molecular formula is C16H18N9+. The third-order valence-corrected chi connectivity index (χ3v) is 3.87. The van der Waals surface area contributed by atoms with Crippen molar-refractivity contribution in [2.24, 2.45) is 12.9 Å². The van der Waals surface area contributed by atoms with Gasteiger partial charge in [-0.3, -0.25) is 4.68 Å². The Hall–Kier alpha value is -3.30. The molecular weight excluding hydrogens is 318 g/mol. The van der Waals surface area contributed by atoms with Crippen LogP contribution in [0.2, 0.25) is 0 Å². The zero-order valence-corrected chi connectivity index (χ0v) is 13.7. The number of hydrogen-bond donors (Lipinski definition) is 3. The first-order valence-corrected chi connectivity index (χ1v) is 7.79. The summed E-state index contributed by atoms with van der Waals surface area (Å²) in [6.07, 6.45) is 11.1. The Balaban J connectivity index is 1.59. The molecule has 0 radical (unpaired) electrons.